The van der Waals surface area contributed by atoms with Crippen molar-refractivity contribution < 1.29 is 23.8 Å². The molecule has 7 heteroatoms. The second-order valence-electron chi connectivity index (χ2n) is 7.75. The van der Waals surface area contributed by atoms with Crippen molar-refractivity contribution in [1.29, 1.82) is 0 Å². The molecule has 0 aromatic heterocycles. The summed E-state index contributed by atoms with van der Waals surface area (Å²) in [5, 5.41) is 3.51. The lowest BCUT2D eigenvalue weighted by atomic mass is 10.1. The molecule has 0 atom stereocenters. The molecular weight excluding hydrogens is 454 g/mol. The van der Waals surface area contributed by atoms with Gasteiger partial charge in [0.15, 0.2) is 0 Å². The fourth-order valence-electron chi connectivity index (χ4n) is 3.19. The molecule has 0 aliphatic rings. The van der Waals surface area contributed by atoms with E-state index in [4.69, 9.17) is 25.8 Å². The average Bonchev–Trinajstić information content (AvgIpc) is 2.85. The third-order valence-electron chi connectivity index (χ3n) is 5.18. The number of amides is 1. The van der Waals surface area contributed by atoms with Crippen molar-refractivity contribution >= 4 is 29.2 Å². The lowest BCUT2D eigenvalue weighted by molar-refractivity contribution is 0.0499. The number of hydrogen-bond acceptors (Lipinski definition) is 5. The van der Waals surface area contributed by atoms with Gasteiger partial charge in [0, 0.05) is 21.8 Å². The Labute approximate surface area is 204 Å². The van der Waals surface area contributed by atoms with E-state index < -0.39 is 0 Å². The molecule has 3 rings (SSSR count). The molecule has 0 heterocycles. The molecule has 0 bridgehead atoms. The number of unbranched alkanes of at least 4 members (excludes halogenated alkanes) is 1. The highest BCUT2D eigenvalue weighted by Crippen LogP contribution is 2.25. The van der Waals surface area contributed by atoms with Gasteiger partial charge in [-0.15, -0.1) is 0 Å². The zero-order valence-corrected chi connectivity index (χ0v) is 20.3. The Kier molecular flexibility index (Phi) is 8.93. The lowest BCUT2D eigenvalue weighted by Gasteiger charge is -2.13. The van der Waals surface area contributed by atoms with Gasteiger partial charge in [0.2, 0.25) is 0 Å². The van der Waals surface area contributed by atoms with Gasteiger partial charge in [0.25, 0.3) is 5.91 Å². The number of halogens is 1. The zero-order valence-electron chi connectivity index (χ0n) is 19.5. The molecule has 0 aliphatic carbocycles. The minimum Gasteiger partial charge on any atom is -0.496 e. The number of carbonyl (C=O) groups excluding carboxylic acids is 2. The van der Waals surface area contributed by atoms with E-state index in [0.717, 1.165) is 24.0 Å². The van der Waals surface area contributed by atoms with Crippen LogP contribution in [0.5, 0.6) is 11.5 Å². The normalized spacial score (nSPS) is 10.5. The Morgan fingerprint density at radius 1 is 0.971 bits per heavy atom. The van der Waals surface area contributed by atoms with Gasteiger partial charge in [-0.3, -0.25) is 4.79 Å². The number of aryl methyl sites for hydroxylation is 1. The number of benzene rings is 3. The summed E-state index contributed by atoms with van der Waals surface area (Å²) in [5.74, 6) is 0.631. The molecule has 0 spiro atoms. The number of methoxy groups -OCH3 is 1. The van der Waals surface area contributed by atoms with Crippen molar-refractivity contribution in [2.45, 2.75) is 33.3 Å². The van der Waals surface area contributed by atoms with Crippen LogP contribution in [0.25, 0.3) is 0 Å². The fraction of sp³-hybridized carbons (Fsp3) is 0.259. The summed E-state index contributed by atoms with van der Waals surface area (Å²) in [6, 6.07) is 17.2. The van der Waals surface area contributed by atoms with Gasteiger partial charge in [-0.1, -0.05) is 24.9 Å². The van der Waals surface area contributed by atoms with Crippen LogP contribution in [0.3, 0.4) is 0 Å². The summed E-state index contributed by atoms with van der Waals surface area (Å²) in [6.45, 7) is 4.56. The maximum Gasteiger partial charge on any atom is 0.338 e. The maximum atomic E-state index is 12.8. The van der Waals surface area contributed by atoms with E-state index >= 15 is 0 Å². The monoisotopic (exact) mass is 481 g/mol. The van der Waals surface area contributed by atoms with E-state index in [1.807, 2.05) is 19.9 Å². The summed E-state index contributed by atoms with van der Waals surface area (Å²) in [4.78, 5) is 24.8. The number of ether oxygens (including phenoxy) is 3. The molecule has 1 N–H and O–H groups in total. The largest absolute Gasteiger partial charge is 0.496 e. The number of nitrogens with one attached hydrogen (secondary N) is 1. The van der Waals surface area contributed by atoms with Gasteiger partial charge in [-0.25, -0.2) is 4.79 Å². The minimum absolute atomic E-state index is 0.222. The molecule has 0 fully saturated rings. The predicted octanol–water partition coefficient (Wildman–Crippen LogP) is 6.45. The number of anilines is 1. The summed E-state index contributed by atoms with van der Waals surface area (Å²) < 4.78 is 16.5. The van der Waals surface area contributed by atoms with Crippen molar-refractivity contribution in [3.8, 4) is 11.5 Å². The molecule has 3 aromatic carbocycles. The zero-order chi connectivity index (χ0) is 24.5. The van der Waals surface area contributed by atoms with Crippen LogP contribution in [0.1, 0.15) is 51.6 Å². The molecule has 6 nitrogen and oxygen atoms in total. The van der Waals surface area contributed by atoms with Gasteiger partial charge in [-0.2, -0.15) is 0 Å². The molecule has 0 saturated carbocycles. The van der Waals surface area contributed by atoms with Crippen LogP contribution in [-0.4, -0.2) is 25.6 Å². The average molecular weight is 482 g/mol. The molecular formula is C27H28ClNO5. The van der Waals surface area contributed by atoms with Gasteiger partial charge in [0.05, 0.1) is 19.3 Å². The third kappa shape index (κ3) is 6.75. The smallest absolute Gasteiger partial charge is 0.338 e. The lowest BCUT2D eigenvalue weighted by Crippen LogP contribution is -2.13. The van der Waals surface area contributed by atoms with E-state index in [-0.39, 0.29) is 18.5 Å². The number of carbonyl (C=O) groups is 2. The second kappa shape index (κ2) is 12.1. The molecule has 178 valence electrons. The maximum absolute atomic E-state index is 12.8. The highest BCUT2D eigenvalue weighted by molar-refractivity contribution is 6.31. The quantitative estimate of drug-likeness (QED) is 0.266. The van der Waals surface area contributed by atoms with Gasteiger partial charge >= 0.3 is 5.97 Å². The Bertz CT molecular complexity index is 1140. The summed E-state index contributed by atoms with van der Waals surface area (Å²) in [7, 11) is 1.57. The molecule has 3 aromatic rings. The van der Waals surface area contributed by atoms with Crippen LogP contribution in [0.15, 0.2) is 60.7 Å². The van der Waals surface area contributed by atoms with Crippen molar-refractivity contribution in [2.75, 3.05) is 19.0 Å². The van der Waals surface area contributed by atoms with Gasteiger partial charge in [0.1, 0.15) is 18.1 Å². The van der Waals surface area contributed by atoms with E-state index in [1.165, 1.54) is 0 Å². The minimum atomic E-state index is -0.373. The van der Waals surface area contributed by atoms with E-state index in [2.05, 4.69) is 5.32 Å². The van der Waals surface area contributed by atoms with Crippen LogP contribution in [0, 0.1) is 6.92 Å². The highest BCUT2D eigenvalue weighted by atomic mass is 35.5. The molecule has 0 unspecified atom stereocenters. The van der Waals surface area contributed by atoms with Crippen molar-refractivity contribution in [3.63, 3.8) is 0 Å². The topological polar surface area (TPSA) is 73.9 Å². The first-order valence-electron chi connectivity index (χ1n) is 11.1. The van der Waals surface area contributed by atoms with Crippen LogP contribution in [0.4, 0.5) is 5.69 Å². The first kappa shape index (κ1) is 25.1. The Hall–Kier alpha value is -3.51. The van der Waals surface area contributed by atoms with Crippen molar-refractivity contribution in [2.24, 2.45) is 0 Å². The number of hydrogen-bond donors (Lipinski definition) is 1. The highest BCUT2D eigenvalue weighted by Gasteiger charge is 2.13. The predicted molar refractivity (Wildman–Crippen MR) is 133 cm³/mol. The van der Waals surface area contributed by atoms with E-state index in [0.29, 0.717) is 39.9 Å². The Morgan fingerprint density at radius 2 is 1.71 bits per heavy atom. The molecule has 0 aliphatic heterocycles. The molecule has 1 amide bonds. The summed E-state index contributed by atoms with van der Waals surface area (Å²) in [6.07, 6.45) is 1.78. The van der Waals surface area contributed by atoms with Gasteiger partial charge in [-0.05, 0) is 79.6 Å². The standard InChI is InChI=1S/C27H28ClNO5/c1-4-5-14-33-27(31)19-6-9-22(10-7-19)29-26(30)20-8-13-25(32-3)21(16-20)17-34-23-11-12-24(28)18(2)15-23/h6-13,15-16H,4-5,14,17H2,1-3H3,(H,29,30). The molecule has 0 radical (unpaired) electrons. The van der Waals surface area contributed by atoms with E-state index in [9.17, 15) is 9.59 Å². The first-order chi connectivity index (χ1) is 16.4. The summed E-state index contributed by atoms with van der Waals surface area (Å²) >= 11 is 6.07. The van der Waals surface area contributed by atoms with Crippen molar-refractivity contribution in [1.82, 2.24) is 0 Å². The van der Waals surface area contributed by atoms with E-state index in [1.54, 1.807) is 61.7 Å². The SMILES string of the molecule is CCCCOC(=O)c1ccc(NC(=O)c2ccc(OC)c(COc3ccc(Cl)c(C)c3)c2)cc1. The Balaban J connectivity index is 1.66. The van der Waals surface area contributed by atoms with Crippen molar-refractivity contribution in [3.05, 3.63) is 87.9 Å². The van der Waals surface area contributed by atoms with Crippen LogP contribution >= 0.6 is 11.6 Å². The Morgan fingerprint density at radius 3 is 2.38 bits per heavy atom. The van der Waals surface area contributed by atoms with Gasteiger partial charge < -0.3 is 19.5 Å². The van der Waals surface area contributed by atoms with Crippen LogP contribution < -0.4 is 14.8 Å². The fourth-order valence-corrected chi connectivity index (χ4v) is 3.30. The molecule has 34 heavy (non-hydrogen) atoms. The second-order valence-corrected chi connectivity index (χ2v) is 8.15. The number of esters is 1. The van der Waals surface area contributed by atoms with Crippen LogP contribution in [-0.2, 0) is 11.3 Å². The summed E-state index contributed by atoms with van der Waals surface area (Å²) in [5.41, 5.74) is 3.11. The third-order valence-corrected chi connectivity index (χ3v) is 5.60. The molecule has 0 saturated heterocycles. The van der Waals surface area contributed by atoms with Crippen LogP contribution in [0.2, 0.25) is 5.02 Å². The number of rotatable bonds is 10. The first-order valence-corrected chi connectivity index (χ1v) is 11.4.